The summed E-state index contributed by atoms with van der Waals surface area (Å²) in [5.74, 6) is 1.49. The number of hydrogen-bond acceptors (Lipinski definition) is 3. The molecule has 0 spiro atoms. The Kier molecular flexibility index (Phi) is 4.26. The van der Waals surface area contributed by atoms with E-state index in [2.05, 4.69) is 25.9 Å². The molecule has 0 aliphatic heterocycles. The lowest BCUT2D eigenvalue weighted by Gasteiger charge is -2.07. The smallest absolute Gasteiger partial charge is 0.159 e. The Morgan fingerprint density at radius 1 is 0.905 bits per heavy atom. The molecule has 0 amide bonds. The monoisotopic (exact) mass is 340 g/mol. The number of hydrogen-bond donors (Lipinski definition) is 0. The third-order valence-corrected chi connectivity index (χ3v) is 3.37. The molecular weight excluding hydrogens is 328 g/mol. The highest BCUT2D eigenvalue weighted by atomic mass is 79.9. The van der Waals surface area contributed by atoms with E-state index in [0.29, 0.717) is 12.4 Å². The summed E-state index contributed by atoms with van der Waals surface area (Å²) in [4.78, 5) is 8.59. The molecule has 0 aliphatic carbocycles. The third kappa shape index (κ3) is 3.67. The van der Waals surface area contributed by atoms with Crippen LogP contribution in [0.1, 0.15) is 5.56 Å². The number of nitrogens with zero attached hydrogens (tertiary/aromatic N) is 2. The maximum Gasteiger partial charge on any atom is 0.159 e. The van der Waals surface area contributed by atoms with Crippen molar-refractivity contribution < 1.29 is 4.74 Å². The van der Waals surface area contributed by atoms with Crippen molar-refractivity contribution in [1.29, 1.82) is 0 Å². The quantitative estimate of drug-likeness (QED) is 0.702. The van der Waals surface area contributed by atoms with Gasteiger partial charge in [0, 0.05) is 18.0 Å². The van der Waals surface area contributed by atoms with E-state index in [1.807, 2.05) is 54.6 Å². The van der Waals surface area contributed by atoms with Gasteiger partial charge in [0.05, 0.1) is 4.47 Å². The van der Waals surface area contributed by atoms with Crippen LogP contribution < -0.4 is 4.74 Å². The van der Waals surface area contributed by atoms with Gasteiger partial charge in [-0.1, -0.05) is 42.5 Å². The largest absolute Gasteiger partial charge is 0.489 e. The van der Waals surface area contributed by atoms with Crippen LogP contribution in [0.4, 0.5) is 0 Å². The fourth-order valence-electron chi connectivity index (χ4n) is 1.93. The fraction of sp³-hybridized carbons (Fsp3) is 0.0588. The molecule has 1 heterocycles. The number of benzene rings is 2. The Hall–Kier alpha value is -2.20. The molecule has 4 heteroatoms. The van der Waals surface area contributed by atoms with Crippen molar-refractivity contribution in [3.63, 3.8) is 0 Å². The molecule has 0 saturated carbocycles. The molecule has 0 radical (unpaired) electrons. The molecule has 104 valence electrons. The van der Waals surface area contributed by atoms with Gasteiger partial charge in [-0.3, -0.25) is 0 Å². The molecule has 0 unspecified atom stereocenters. The SMILES string of the molecule is Brc1cnc(-c2cccc(OCc3ccccc3)c2)nc1. The first-order valence-corrected chi connectivity index (χ1v) is 7.35. The Balaban J connectivity index is 1.75. The van der Waals surface area contributed by atoms with Crippen LogP contribution in [0.3, 0.4) is 0 Å². The van der Waals surface area contributed by atoms with Crippen LogP contribution in [0.2, 0.25) is 0 Å². The van der Waals surface area contributed by atoms with Gasteiger partial charge in [0.1, 0.15) is 12.4 Å². The van der Waals surface area contributed by atoms with Crippen molar-refractivity contribution in [3.8, 4) is 17.1 Å². The van der Waals surface area contributed by atoms with Crippen LogP contribution in [-0.4, -0.2) is 9.97 Å². The Morgan fingerprint density at radius 2 is 1.67 bits per heavy atom. The zero-order valence-electron chi connectivity index (χ0n) is 11.2. The molecule has 1 aromatic heterocycles. The van der Waals surface area contributed by atoms with E-state index in [0.717, 1.165) is 21.3 Å². The van der Waals surface area contributed by atoms with E-state index in [1.54, 1.807) is 12.4 Å². The maximum atomic E-state index is 5.81. The van der Waals surface area contributed by atoms with Crippen molar-refractivity contribution in [3.05, 3.63) is 77.0 Å². The molecule has 3 aromatic rings. The molecule has 0 saturated heterocycles. The summed E-state index contributed by atoms with van der Waals surface area (Å²) < 4.78 is 6.68. The van der Waals surface area contributed by atoms with E-state index in [-0.39, 0.29) is 0 Å². The van der Waals surface area contributed by atoms with Gasteiger partial charge in [-0.05, 0) is 33.6 Å². The lowest BCUT2D eigenvalue weighted by molar-refractivity contribution is 0.306. The van der Waals surface area contributed by atoms with Crippen molar-refractivity contribution in [2.45, 2.75) is 6.61 Å². The van der Waals surface area contributed by atoms with Crippen LogP contribution in [-0.2, 0) is 6.61 Å². The number of ether oxygens (including phenoxy) is 1. The van der Waals surface area contributed by atoms with Crippen LogP contribution in [0.5, 0.6) is 5.75 Å². The van der Waals surface area contributed by atoms with Gasteiger partial charge in [-0.25, -0.2) is 9.97 Å². The molecule has 3 rings (SSSR count). The van der Waals surface area contributed by atoms with Gasteiger partial charge >= 0.3 is 0 Å². The van der Waals surface area contributed by atoms with Crippen LogP contribution in [0.15, 0.2) is 71.5 Å². The van der Waals surface area contributed by atoms with Crippen molar-refractivity contribution in [1.82, 2.24) is 9.97 Å². The van der Waals surface area contributed by atoms with Gasteiger partial charge in [-0.15, -0.1) is 0 Å². The summed E-state index contributed by atoms with van der Waals surface area (Å²) in [6.07, 6.45) is 3.47. The zero-order valence-corrected chi connectivity index (χ0v) is 12.8. The van der Waals surface area contributed by atoms with Crippen molar-refractivity contribution >= 4 is 15.9 Å². The van der Waals surface area contributed by atoms with E-state index in [9.17, 15) is 0 Å². The van der Waals surface area contributed by atoms with Crippen LogP contribution in [0.25, 0.3) is 11.4 Å². The lowest BCUT2D eigenvalue weighted by Crippen LogP contribution is -1.95. The topological polar surface area (TPSA) is 35.0 Å². The highest BCUT2D eigenvalue weighted by molar-refractivity contribution is 9.10. The van der Waals surface area contributed by atoms with E-state index in [1.165, 1.54) is 0 Å². The van der Waals surface area contributed by atoms with Gasteiger partial charge in [0.15, 0.2) is 5.82 Å². The highest BCUT2D eigenvalue weighted by Crippen LogP contribution is 2.22. The minimum Gasteiger partial charge on any atom is -0.489 e. The summed E-state index contributed by atoms with van der Waals surface area (Å²) >= 11 is 3.33. The van der Waals surface area contributed by atoms with E-state index < -0.39 is 0 Å². The number of rotatable bonds is 4. The molecule has 3 nitrogen and oxygen atoms in total. The molecule has 2 aromatic carbocycles. The average molecular weight is 341 g/mol. The highest BCUT2D eigenvalue weighted by Gasteiger charge is 2.03. The second-order valence-corrected chi connectivity index (χ2v) is 5.44. The van der Waals surface area contributed by atoms with Gasteiger partial charge in [0.25, 0.3) is 0 Å². The zero-order chi connectivity index (χ0) is 14.5. The van der Waals surface area contributed by atoms with Crippen molar-refractivity contribution in [2.75, 3.05) is 0 Å². The molecule has 0 bridgehead atoms. The third-order valence-electron chi connectivity index (χ3n) is 2.96. The summed E-state index contributed by atoms with van der Waals surface area (Å²) in [5, 5.41) is 0. The second-order valence-electron chi connectivity index (χ2n) is 4.53. The van der Waals surface area contributed by atoms with Gasteiger partial charge in [0.2, 0.25) is 0 Å². The molecule has 0 N–H and O–H groups in total. The average Bonchev–Trinajstić information content (AvgIpc) is 2.55. The normalized spacial score (nSPS) is 10.3. The lowest BCUT2D eigenvalue weighted by atomic mass is 10.2. The summed E-state index contributed by atoms with van der Waals surface area (Å²) in [5.41, 5.74) is 2.08. The first-order chi connectivity index (χ1) is 10.3. The Labute approximate surface area is 131 Å². The molecule has 0 aliphatic rings. The minimum atomic E-state index is 0.547. The Bertz CT molecular complexity index is 714. The fourth-order valence-corrected chi connectivity index (χ4v) is 2.13. The second kappa shape index (κ2) is 6.50. The maximum absolute atomic E-state index is 5.81. The predicted octanol–water partition coefficient (Wildman–Crippen LogP) is 4.49. The molecule has 0 atom stereocenters. The number of aromatic nitrogens is 2. The predicted molar refractivity (Wildman–Crippen MR) is 85.9 cm³/mol. The molecular formula is C17H13BrN2O. The van der Waals surface area contributed by atoms with Gasteiger partial charge < -0.3 is 4.74 Å². The molecule has 0 fully saturated rings. The number of halogens is 1. The summed E-state index contributed by atoms with van der Waals surface area (Å²) in [6, 6.07) is 17.9. The van der Waals surface area contributed by atoms with Gasteiger partial charge in [-0.2, -0.15) is 0 Å². The minimum absolute atomic E-state index is 0.547. The van der Waals surface area contributed by atoms with E-state index >= 15 is 0 Å². The summed E-state index contributed by atoms with van der Waals surface area (Å²) in [7, 11) is 0. The first-order valence-electron chi connectivity index (χ1n) is 6.56. The van der Waals surface area contributed by atoms with E-state index in [4.69, 9.17) is 4.74 Å². The van der Waals surface area contributed by atoms with Crippen LogP contribution >= 0.6 is 15.9 Å². The van der Waals surface area contributed by atoms with Crippen LogP contribution in [0, 0.1) is 0 Å². The summed E-state index contributed by atoms with van der Waals surface area (Å²) in [6.45, 7) is 0.547. The Morgan fingerprint density at radius 3 is 2.43 bits per heavy atom. The standard InChI is InChI=1S/C17H13BrN2O/c18-15-10-19-17(20-11-15)14-7-4-8-16(9-14)21-12-13-5-2-1-3-6-13/h1-11H,12H2. The first kappa shape index (κ1) is 13.8. The molecule has 21 heavy (non-hydrogen) atoms. The van der Waals surface area contributed by atoms with Crippen molar-refractivity contribution in [2.24, 2.45) is 0 Å².